The van der Waals surface area contributed by atoms with Crippen LogP contribution in [0, 0.1) is 25.5 Å². The molecule has 0 spiro atoms. The summed E-state index contributed by atoms with van der Waals surface area (Å²) in [4.78, 5) is 15.7. The first-order valence-corrected chi connectivity index (χ1v) is 11.4. The average molecular weight is 465 g/mol. The third-order valence-corrected chi connectivity index (χ3v) is 6.04. The molecule has 34 heavy (non-hydrogen) atoms. The molecule has 2 fully saturated rings. The number of hydrogen-bond donors (Lipinski definition) is 0. The molecule has 3 aromatic heterocycles. The summed E-state index contributed by atoms with van der Waals surface area (Å²) in [5.74, 6) is -0.797. The third-order valence-electron chi connectivity index (χ3n) is 6.04. The molecular weight excluding hydrogens is 438 g/mol. The molecule has 1 aromatic carbocycles. The highest BCUT2D eigenvalue weighted by molar-refractivity contribution is 5.92. The van der Waals surface area contributed by atoms with Gasteiger partial charge in [0.15, 0.2) is 5.65 Å². The van der Waals surface area contributed by atoms with E-state index in [1.165, 1.54) is 25.0 Å². The highest BCUT2D eigenvalue weighted by atomic mass is 19.1. The van der Waals surface area contributed by atoms with E-state index in [0.717, 1.165) is 23.4 Å². The van der Waals surface area contributed by atoms with Crippen LogP contribution in [0.1, 0.15) is 30.1 Å². The Morgan fingerprint density at radius 3 is 2.47 bits per heavy atom. The Bertz CT molecular complexity index is 1300. The van der Waals surface area contributed by atoms with Gasteiger partial charge >= 0.3 is 0 Å². The van der Waals surface area contributed by atoms with E-state index in [9.17, 15) is 8.78 Å². The van der Waals surface area contributed by atoms with Gasteiger partial charge < -0.3 is 9.64 Å². The van der Waals surface area contributed by atoms with Gasteiger partial charge in [0, 0.05) is 48.2 Å². The van der Waals surface area contributed by atoms with Crippen molar-refractivity contribution in [1.82, 2.24) is 24.7 Å². The Hall–Kier alpha value is -3.46. The summed E-state index contributed by atoms with van der Waals surface area (Å²) in [6.45, 7) is 6.32. The van der Waals surface area contributed by atoms with E-state index in [1.807, 2.05) is 48.0 Å². The first-order chi connectivity index (χ1) is 16.5. The maximum Gasteiger partial charge on any atom is 0.228 e. The minimum absolute atomic E-state index is 0.235. The first kappa shape index (κ1) is 22.3. The number of pyridine rings is 1. The van der Waals surface area contributed by atoms with Crippen LogP contribution < -0.4 is 4.90 Å². The van der Waals surface area contributed by atoms with E-state index >= 15 is 0 Å². The van der Waals surface area contributed by atoms with Crippen molar-refractivity contribution in [2.75, 3.05) is 31.2 Å². The number of fused-ring (bicyclic) bond motifs is 1. The minimum atomic E-state index is -0.656. The van der Waals surface area contributed by atoms with Gasteiger partial charge in [0.2, 0.25) is 5.95 Å². The van der Waals surface area contributed by atoms with Gasteiger partial charge in [0.25, 0.3) is 0 Å². The number of ether oxygens (including phenoxy) is 1. The molecule has 0 atom stereocenters. The number of rotatable bonds is 3. The van der Waals surface area contributed by atoms with E-state index in [-0.39, 0.29) is 5.56 Å². The number of anilines is 1. The summed E-state index contributed by atoms with van der Waals surface area (Å²) in [6, 6.07) is 8.12. The molecule has 1 aliphatic heterocycles. The molecule has 7 nitrogen and oxygen atoms in total. The summed E-state index contributed by atoms with van der Waals surface area (Å²) in [6.07, 6.45) is 6.50. The average Bonchev–Trinajstić information content (AvgIpc) is 3.54. The molecule has 1 saturated heterocycles. The molecule has 0 N–H and O–H groups in total. The van der Waals surface area contributed by atoms with Gasteiger partial charge in [-0.2, -0.15) is 10.1 Å². The summed E-state index contributed by atoms with van der Waals surface area (Å²) in [7, 11) is 0. The second-order valence-electron chi connectivity index (χ2n) is 8.57. The lowest BCUT2D eigenvalue weighted by Gasteiger charge is -2.27. The van der Waals surface area contributed by atoms with Crippen molar-refractivity contribution >= 4 is 17.0 Å². The van der Waals surface area contributed by atoms with Crippen molar-refractivity contribution in [2.45, 2.75) is 32.7 Å². The van der Waals surface area contributed by atoms with E-state index in [0.29, 0.717) is 49.0 Å². The molecule has 9 heteroatoms. The largest absolute Gasteiger partial charge is 0.378 e. The molecule has 0 unspecified atom stereocenters. The van der Waals surface area contributed by atoms with Crippen molar-refractivity contribution in [2.24, 2.45) is 0 Å². The van der Waals surface area contributed by atoms with Crippen LogP contribution in [0.25, 0.3) is 22.3 Å². The SMILES string of the molecule is Cc1cc2c(-c3ccc(F)cc3F)nc(N3CCOCC3)nc2nc1C.c1cnn(C2CC2)c1. The maximum absolute atomic E-state index is 14.5. The molecule has 0 radical (unpaired) electrons. The molecule has 1 aliphatic carbocycles. The third kappa shape index (κ3) is 4.75. The molecular formula is C25H26F2N6O. The van der Waals surface area contributed by atoms with Crippen molar-refractivity contribution in [3.63, 3.8) is 0 Å². The van der Waals surface area contributed by atoms with Gasteiger partial charge in [-0.15, -0.1) is 0 Å². The summed E-state index contributed by atoms with van der Waals surface area (Å²) < 4.78 is 35.2. The Balaban J connectivity index is 0.000000252. The molecule has 1 saturated carbocycles. The van der Waals surface area contributed by atoms with Crippen molar-refractivity contribution in [3.8, 4) is 11.3 Å². The Kier molecular flexibility index (Phi) is 6.19. The van der Waals surface area contributed by atoms with Crippen molar-refractivity contribution in [3.05, 3.63) is 65.6 Å². The standard InChI is InChI=1S/C19H18F2N4O.C6H8N2/c1-11-9-15-17(14-4-3-13(20)10-16(14)21)23-19(24-18(15)22-12(11)2)25-5-7-26-8-6-25;1-4-7-8(5-1)6-2-3-6/h3-4,9-10H,5-8H2,1-2H3;1,4-6H,2-3H2. The van der Waals surface area contributed by atoms with Crippen LogP contribution >= 0.6 is 0 Å². The second kappa shape index (κ2) is 9.42. The molecule has 4 heterocycles. The zero-order chi connectivity index (χ0) is 23.7. The summed E-state index contributed by atoms with van der Waals surface area (Å²) >= 11 is 0. The maximum atomic E-state index is 14.5. The van der Waals surface area contributed by atoms with Gasteiger partial charge in [-0.25, -0.2) is 18.7 Å². The Labute approximate surface area is 196 Å². The van der Waals surface area contributed by atoms with Gasteiger partial charge in [0.1, 0.15) is 11.6 Å². The van der Waals surface area contributed by atoms with Crippen molar-refractivity contribution in [1.29, 1.82) is 0 Å². The second-order valence-corrected chi connectivity index (χ2v) is 8.57. The van der Waals surface area contributed by atoms with Crippen LogP contribution in [0.3, 0.4) is 0 Å². The van der Waals surface area contributed by atoms with Gasteiger partial charge in [0.05, 0.1) is 24.9 Å². The Morgan fingerprint density at radius 1 is 1.00 bits per heavy atom. The number of aryl methyl sites for hydroxylation is 2. The lowest BCUT2D eigenvalue weighted by atomic mass is 10.1. The van der Waals surface area contributed by atoms with Crippen LogP contribution in [0.15, 0.2) is 42.7 Å². The number of halogens is 2. The van der Waals surface area contributed by atoms with Crippen molar-refractivity contribution < 1.29 is 13.5 Å². The molecule has 0 bridgehead atoms. The highest BCUT2D eigenvalue weighted by Crippen LogP contribution is 2.33. The van der Waals surface area contributed by atoms with E-state index in [4.69, 9.17) is 4.74 Å². The van der Waals surface area contributed by atoms with Gasteiger partial charge in [-0.1, -0.05) is 0 Å². The fraction of sp³-hybridized carbons (Fsp3) is 0.360. The lowest BCUT2D eigenvalue weighted by molar-refractivity contribution is 0.122. The normalized spacial score (nSPS) is 15.8. The zero-order valence-corrected chi connectivity index (χ0v) is 19.2. The number of benzene rings is 1. The van der Waals surface area contributed by atoms with Gasteiger partial charge in [-0.3, -0.25) is 4.68 Å². The monoisotopic (exact) mass is 464 g/mol. The quantitative estimate of drug-likeness (QED) is 0.440. The predicted molar refractivity (Wildman–Crippen MR) is 126 cm³/mol. The predicted octanol–water partition coefficient (Wildman–Crippen LogP) is 4.64. The Morgan fingerprint density at radius 2 is 1.79 bits per heavy atom. The topological polar surface area (TPSA) is 69.0 Å². The fourth-order valence-electron chi connectivity index (χ4n) is 3.86. The number of hydrogen-bond acceptors (Lipinski definition) is 6. The smallest absolute Gasteiger partial charge is 0.228 e. The molecule has 4 aromatic rings. The van der Waals surface area contributed by atoms with E-state index in [2.05, 4.69) is 20.1 Å². The van der Waals surface area contributed by atoms with Crippen LogP contribution in [0.2, 0.25) is 0 Å². The van der Waals surface area contributed by atoms with Crippen LogP contribution in [0.5, 0.6) is 0 Å². The summed E-state index contributed by atoms with van der Waals surface area (Å²) in [5.41, 5.74) is 2.98. The first-order valence-electron chi connectivity index (χ1n) is 11.4. The number of nitrogens with zero attached hydrogens (tertiary/aromatic N) is 6. The molecule has 6 rings (SSSR count). The van der Waals surface area contributed by atoms with E-state index in [1.54, 1.807) is 0 Å². The number of aromatic nitrogens is 5. The molecule has 0 amide bonds. The zero-order valence-electron chi connectivity index (χ0n) is 19.2. The molecule has 176 valence electrons. The lowest BCUT2D eigenvalue weighted by Crippen LogP contribution is -2.37. The van der Waals surface area contributed by atoms with E-state index < -0.39 is 11.6 Å². The van der Waals surface area contributed by atoms with Crippen LogP contribution in [-0.4, -0.2) is 51.0 Å². The highest BCUT2D eigenvalue weighted by Gasteiger charge is 2.23. The fourth-order valence-corrected chi connectivity index (χ4v) is 3.86. The van der Waals surface area contributed by atoms with Crippen LogP contribution in [0.4, 0.5) is 14.7 Å². The summed E-state index contributed by atoms with van der Waals surface area (Å²) in [5, 5.41) is 4.74. The van der Waals surface area contributed by atoms with Crippen LogP contribution in [-0.2, 0) is 4.74 Å². The van der Waals surface area contributed by atoms with Gasteiger partial charge in [-0.05, 0) is 56.5 Å². The molecule has 2 aliphatic rings. The minimum Gasteiger partial charge on any atom is -0.378 e. The number of morpholine rings is 1.